The van der Waals surface area contributed by atoms with Crippen molar-refractivity contribution in [3.63, 3.8) is 0 Å². The standard InChI is InChI=1S/C8H14O2.C7H14O2.C5H5F3O2.C5H5NO2.C5H9NO2.C5H10O2.C5H8O2.C5H10O.C4H8O2.C4H6O2.C4H8O.2C3H6O.H2/c1-9-5-6-2-3-7-8(4-6)10-7;1-3-7(4-8-2)5-9-6-7;1-3(4(9)10-2)5(6,7)8;1-6-4(7)2-3-5(6)8;1-3-5(7)6-4-8-2;1-5(3-6-2)4-7-5;1-4(2)5(6)7-3;1-4-5(2,3)6-4;1-5-2-4-3-6-4;1-3-4(5)6-2;1-3-4-5-2;1-3-2-4-3;1-3-4-2;/h6-8H,2-5H2,1H3;3-6H2,1-2H3;1H2,2H3;2-3H,1H3;3H,1,4H2,2H3,(H,6,7);3-4H2,1-2H3;1H2,2-3H3;4H,1-3H3;4H,2-3H2,1H3;3H,1H2,2H3;3H,1,4H2,2H3;3H,2H2,1H3;3H,1H2,2H3;1H. The first-order chi connectivity index (χ1) is 42.2. The molecule has 7 heterocycles. The third-order valence-electron chi connectivity index (χ3n) is 12.0. The van der Waals surface area contributed by atoms with E-state index in [1.54, 1.807) is 55.7 Å². The maximum Gasteiger partial charge on any atom is 0.422 e. The van der Waals surface area contributed by atoms with Gasteiger partial charge in [0.25, 0.3) is 11.8 Å². The molecule has 27 heteroatoms. The Morgan fingerprint density at radius 3 is 1.40 bits per heavy atom. The van der Waals surface area contributed by atoms with Gasteiger partial charge in [-0.15, -0.1) is 6.58 Å². The van der Waals surface area contributed by atoms with E-state index in [4.69, 9.17) is 47.4 Å². The lowest BCUT2D eigenvalue weighted by Crippen LogP contribution is -2.45. The molecule has 7 atom stereocenters. The summed E-state index contributed by atoms with van der Waals surface area (Å²) in [5, 5.41) is 2.40. The van der Waals surface area contributed by atoms with Crippen molar-refractivity contribution >= 4 is 35.6 Å². The molecule has 0 radical (unpaired) electrons. The molecule has 0 aromatic heterocycles. The summed E-state index contributed by atoms with van der Waals surface area (Å²) in [6.45, 7) is 41.8. The summed E-state index contributed by atoms with van der Waals surface area (Å²) in [4.78, 5) is 62.3. The highest BCUT2D eigenvalue weighted by Gasteiger charge is 2.44. The van der Waals surface area contributed by atoms with Crippen molar-refractivity contribution in [3.05, 3.63) is 87.3 Å². The second kappa shape index (κ2) is 55.0. The molecule has 1 N–H and O–H groups in total. The zero-order valence-corrected chi connectivity index (χ0v) is 56.8. The molecule has 0 bridgehead atoms. The molecule has 526 valence electrons. The molecular weight excluding hydrogens is 1190 g/mol. The predicted molar refractivity (Wildman–Crippen MR) is 336 cm³/mol. The van der Waals surface area contributed by atoms with E-state index >= 15 is 0 Å². The van der Waals surface area contributed by atoms with Gasteiger partial charge >= 0.3 is 24.1 Å². The number of nitrogens with zero attached hydrogens (tertiary/aromatic N) is 1. The van der Waals surface area contributed by atoms with Crippen LogP contribution in [0.3, 0.4) is 0 Å². The second-order valence-electron chi connectivity index (χ2n) is 20.6. The molecule has 7 fully saturated rings. The number of hydrogen-bond donors (Lipinski definition) is 1. The summed E-state index contributed by atoms with van der Waals surface area (Å²) < 4.78 is 110. The van der Waals surface area contributed by atoms with Gasteiger partial charge in [-0.05, 0) is 79.2 Å². The fourth-order valence-electron chi connectivity index (χ4n) is 5.64. The molecule has 0 aromatic carbocycles. The minimum absolute atomic E-state index is 0. The number of alkyl halides is 3. The molecule has 8 aliphatic rings. The Balaban J connectivity index is -0.000000217. The third-order valence-corrected chi connectivity index (χ3v) is 12.0. The van der Waals surface area contributed by atoms with Gasteiger partial charge in [-0.25, -0.2) is 14.4 Å². The number of methoxy groups -OCH3 is 10. The summed E-state index contributed by atoms with van der Waals surface area (Å²) >= 11 is 0. The minimum Gasteiger partial charge on any atom is -0.505 e. The van der Waals surface area contributed by atoms with E-state index in [2.05, 4.69) is 108 Å². The highest BCUT2D eigenvalue weighted by molar-refractivity contribution is 6.12. The predicted octanol–water partition coefficient (Wildman–Crippen LogP) is 7.94. The zero-order chi connectivity index (χ0) is 70.5. The van der Waals surface area contributed by atoms with Gasteiger partial charge in [0.05, 0.1) is 124 Å². The Labute approximate surface area is 535 Å². The number of amides is 3. The van der Waals surface area contributed by atoms with Crippen molar-refractivity contribution in [2.24, 2.45) is 11.3 Å². The molecule has 24 nitrogen and oxygen atoms in total. The Hall–Kier alpha value is -5.69. The zero-order valence-electron chi connectivity index (χ0n) is 56.8. The number of rotatable bonds is 18. The maximum atomic E-state index is 11.5. The van der Waals surface area contributed by atoms with E-state index in [0.717, 1.165) is 83.5 Å². The molecule has 0 spiro atoms. The van der Waals surface area contributed by atoms with E-state index in [1.165, 1.54) is 78.6 Å². The van der Waals surface area contributed by atoms with E-state index in [0.29, 0.717) is 48.1 Å². The third kappa shape index (κ3) is 56.3. The van der Waals surface area contributed by atoms with Crippen LogP contribution < -0.4 is 5.32 Å². The highest BCUT2D eigenvalue weighted by Crippen LogP contribution is 2.39. The Kier molecular flexibility index (Phi) is 56.8. The fraction of sp³-hybridized carbons (Fsp3) is 0.683. The summed E-state index contributed by atoms with van der Waals surface area (Å²) in [6.07, 6.45) is 10.9. The monoisotopic (exact) mass is 1300 g/mol. The highest BCUT2D eigenvalue weighted by atomic mass is 19.4. The van der Waals surface area contributed by atoms with E-state index in [1.807, 2.05) is 6.92 Å². The van der Waals surface area contributed by atoms with Gasteiger partial charge in [-0.3, -0.25) is 19.3 Å². The van der Waals surface area contributed by atoms with Gasteiger partial charge in [0.1, 0.15) is 24.0 Å². The normalized spacial score (nSPS) is 22.0. The number of epoxide rings is 5. The quantitative estimate of drug-likeness (QED) is 0.0199. The molecule has 3 amide bonds. The van der Waals surface area contributed by atoms with Crippen LogP contribution in [-0.2, 0) is 105 Å². The molecule has 0 aromatic rings. The number of halogens is 3. The lowest BCUT2D eigenvalue weighted by atomic mass is 9.84. The molecule has 1 aliphatic carbocycles. The molecular formula is C63H111F3N2O22. The first-order valence-corrected chi connectivity index (χ1v) is 28.3. The lowest BCUT2D eigenvalue weighted by molar-refractivity contribution is -0.148. The summed E-state index contributed by atoms with van der Waals surface area (Å²) in [6, 6.07) is 0. The Bertz CT molecular complexity index is 2040. The van der Waals surface area contributed by atoms with E-state index < -0.39 is 23.7 Å². The topological polar surface area (TPSA) is 282 Å². The van der Waals surface area contributed by atoms with Crippen LogP contribution in [0.4, 0.5) is 13.2 Å². The van der Waals surface area contributed by atoms with Gasteiger partial charge in [-0.2, -0.15) is 13.2 Å². The first-order valence-electron chi connectivity index (χ1n) is 28.3. The van der Waals surface area contributed by atoms with Crippen LogP contribution in [0.2, 0.25) is 0 Å². The Morgan fingerprint density at radius 1 is 0.744 bits per heavy atom. The second-order valence-corrected chi connectivity index (χ2v) is 20.6. The van der Waals surface area contributed by atoms with Crippen molar-refractivity contribution in [2.45, 2.75) is 122 Å². The van der Waals surface area contributed by atoms with Crippen LogP contribution in [0.15, 0.2) is 87.3 Å². The smallest absolute Gasteiger partial charge is 0.422 e. The molecule has 1 saturated carbocycles. The van der Waals surface area contributed by atoms with Crippen LogP contribution in [0.5, 0.6) is 0 Å². The number of fused-ring (bicyclic) bond motifs is 1. The van der Waals surface area contributed by atoms with Gasteiger partial charge in [0.2, 0.25) is 5.91 Å². The number of nitrogens with one attached hydrogen (secondary N) is 1. The van der Waals surface area contributed by atoms with Crippen molar-refractivity contribution in [1.82, 2.24) is 10.2 Å². The number of carbonyl (C=O) groups excluding carboxylic acids is 6. The molecule has 6 saturated heterocycles. The van der Waals surface area contributed by atoms with Crippen molar-refractivity contribution < 1.29 is 119 Å². The van der Waals surface area contributed by atoms with Crippen LogP contribution in [-0.4, -0.2) is 239 Å². The number of ether oxygens (including phenoxy) is 16. The van der Waals surface area contributed by atoms with Gasteiger partial charge < -0.3 is 81.1 Å². The van der Waals surface area contributed by atoms with Gasteiger partial charge in [-0.1, -0.05) is 45.9 Å². The maximum absolute atomic E-state index is 11.5. The number of carbonyl (C=O) groups is 6. The summed E-state index contributed by atoms with van der Waals surface area (Å²) in [5.41, 5.74) is -0.402. The SMILES string of the molecule is C=C(C(=O)OC)C(F)(F)F.C=C(C)C(=O)OC.C=CC(=O)NCOC.C=CC(=O)OC.C=CCOC.C=COC.CC1CO1.CC1OC1(C)C.CCC1(COC)COC1.CN1C(=O)C=CC1=O.COCC1(C)CO1.COCC1CCC2OC2C1.COCC1CO1.[HH]. The van der Waals surface area contributed by atoms with E-state index in [9.17, 15) is 41.9 Å². The first kappa shape index (κ1) is 93.0. The van der Waals surface area contributed by atoms with Crippen molar-refractivity contribution in [2.75, 3.05) is 151 Å². The van der Waals surface area contributed by atoms with Crippen molar-refractivity contribution in [1.29, 1.82) is 0 Å². The van der Waals surface area contributed by atoms with Crippen LogP contribution >= 0.6 is 0 Å². The Morgan fingerprint density at radius 2 is 1.23 bits per heavy atom. The average molecular weight is 1310 g/mol. The fourth-order valence-corrected chi connectivity index (χ4v) is 5.64. The van der Waals surface area contributed by atoms with Crippen LogP contribution in [0.1, 0.15) is 75.6 Å². The lowest BCUT2D eigenvalue weighted by Gasteiger charge is -2.39. The molecule has 8 rings (SSSR count). The van der Waals surface area contributed by atoms with E-state index in [-0.39, 0.29) is 43.1 Å². The number of likely N-dealkylation sites (N-methyl/N-ethyl adjacent to an activating group) is 1. The molecule has 7 unspecified atom stereocenters. The van der Waals surface area contributed by atoms with Crippen LogP contribution in [0.25, 0.3) is 0 Å². The summed E-state index contributed by atoms with van der Waals surface area (Å²) in [7, 11) is 16.5. The van der Waals surface area contributed by atoms with Crippen LogP contribution in [0, 0.1) is 11.3 Å². The largest absolute Gasteiger partial charge is 0.505 e. The van der Waals surface area contributed by atoms with Crippen molar-refractivity contribution in [3.8, 4) is 0 Å². The number of esters is 3. The minimum atomic E-state index is -4.69. The van der Waals surface area contributed by atoms with Gasteiger partial charge in [0, 0.05) is 87.0 Å². The van der Waals surface area contributed by atoms with Gasteiger partial charge in [0.15, 0.2) is 0 Å². The molecule has 7 aliphatic heterocycles. The molecule has 90 heavy (non-hydrogen) atoms. The number of imide groups is 1. The summed E-state index contributed by atoms with van der Waals surface area (Å²) in [5.74, 6) is -2.12. The number of hydrogen-bond acceptors (Lipinski definition) is 22. The average Bonchev–Trinajstić information content (AvgIpc) is 1.79.